The topological polar surface area (TPSA) is 102 Å². The lowest BCUT2D eigenvalue weighted by atomic mass is 10.2. The Labute approximate surface area is 112 Å². The zero-order chi connectivity index (χ0) is 15.2. The molecule has 0 fully saturated rings. The minimum atomic E-state index is -1.27. The Morgan fingerprint density at radius 2 is 1.74 bits per heavy atom. The maximum atomic E-state index is 11.6. The van der Waals surface area contributed by atoms with Gasteiger partial charge in [0.15, 0.2) is 0 Å². The fourth-order valence-electron chi connectivity index (χ4n) is 1.13. The van der Waals surface area contributed by atoms with E-state index in [1.54, 1.807) is 34.6 Å². The molecule has 1 unspecified atom stereocenters. The van der Waals surface area contributed by atoms with Crippen molar-refractivity contribution in [3.8, 4) is 0 Å². The van der Waals surface area contributed by atoms with Crippen LogP contribution in [0.3, 0.4) is 0 Å². The molecular formula is C12H21NO6. The summed E-state index contributed by atoms with van der Waals surface area (Å²) in [6.45, 7) is 8.23. The van der Waals surface area contributed by atoms with Crippen LogP contribution in [0.1, 0.15) is 41.0 Å². The smallest absolute Gasteiger partial charge is 0.408 e. The Balaban J connectivity index is 4.63. The van der Waals surface area contributed by atoms with Crippen molar-refractivity contribution in [3.63, 3.8) is 0 Å². The van der Waals surface area contributed by atoms with Crippen LogP contribution in [-0.4, -0.2) is 40.9 Å². The second-order valence-electron chi connectivity index (χ2n) is 5.28. The zero-order valence-electron chi connectivity index (χ0n) is 11.9. The quantitative estimate of drug-likeness (QED) is 0.733. The van der Waals surface area contributed by atoms with Crippen LogP contribution in [0, 0.1) is 0 Å². The van der Waals surface area contributed by atoms with Crippen molar-refractivity contribution in [2.24, 2.45) is 0 Å². The van der Waals surface area contributed by atoms with Gasteiger partial charge in [0.25, 0.3) is 0 Å². The molecule has 110 valence electrons. The van der Waals surface area contributed by atoms with E-state index in [0.717, 1.165) is 0 Å². The van der Waals surface area contributed by atoms with Gasteiger partial charge >= 0.3 is 18.0 Å². The van der Waals surface area contributed by atoms with E-state index >= 15 is 0 Å². The van der Waals surface area contributed by atoms with Gasteiger partial charge in [-0.05, 0) is 34.6 Å². The van der Waals surface area contributed by atoms with E-state index in [9.17, 15) is 14.4 Å². The van der Waals surface area contributed by atoms with Gasteiger partial charge in [-0.1, -0.05) is 0 Å². The molecule has 0 spiro atoms. The number of amides is 1. The van der Waals surface area contributed by atoms with Crippen molar-refractivity contribution in [3.05, 3.63) is 0 Å². The van der Waals surface area contributed by atoms with Crippen LogP contribution in [0.5, 0.6) is 0 Å². The van der Waals surface area contributed by atoms with Crippen LogP contribution in [0.25, 0.3) is 0 Å². The molecule has 0 saturated heterocycles. The Bertz CT molecular complexity index is 345. The summed E-state index contributed by atoms with van der Waals surface area (Å²) in [5, 5.41) is 10.9. The van der Waals surface area contributed by atoms with Gasteiger partial charge in [0.05, 0.1) is 12.5 Å². The van der Waals surface area contributed by atoms with E-state index in [-0.39, 0.29) is 0 Å². The highest BCUT2D eigenvalue weighted by molar-refractivity contribution is 5.85. The van der Waals surface area contributed by atoms with Gasteiger partial charge in [0.2, 0.25) is 0 Å². The number of alkyl carbamates (subject to hydrolysis) is 1. The number of aliphatic carboxylic acids is 1. The van der Waals surface area contributed by atoms with Crippen molar-refractivity contribution in [2.45, 2.75) is 58.8 Å². The molecule has 1 atom stereocenters. The molecule has 0 aromatic rings. The number of nitrogens with one attached hydrogen (secondary N) is 1. The van der Waals surface area contributed by atoms with Gasteiger partial charge < -0.3 is 19.9 Å². The Morgan fingerprint density at radius 1 is 1.21 bits per heavy atom. The van der Waals surface area contributed by atoms with E-state index in [0.29, 0.717) is 0 Å². The average molecular weight is 275 g/mol. The largest absolute Gasteiger partial charge is 0.481 e. The first-order valence-electron chi connectivity index (χ1n) is 5.93. The lowest BCUT2D eigenvalue weighted by Crippen LogP contribution is -2.45. The summed E-state index contributed by atoms with van der Waals surface area (Å²) >= 11 is 0. The highest BCUT2D eigenvalue weighted by Gasteiger charge is 2.28. The molecule has 1 amide bonds. The third-order valence-corrected chi connectivity index (χ3v) is 1.71. The van der Waals surface area contributed by atoms with E-state index in [1.807, 2.05) is 0 Å². The zero-order valence-corrected chi connectivity index (χ0v) is 11.9. The first kappa shape index (κ1) is 17.2. The maximum absolute atomic E-state index is 11.6. The van der Waals surface area contributed by atoms with Gasteiger partial charge in [0.1, 0.15) is 11.6 Å². The maximum Gasteiger partial charge on any atom is 0.408 e. The predicted molar refractivity (Wildman–Crippen MR) is 66.6 cm³/mol. The third-order valence-electron chi connectivity index (χ3n) is 1.71. The molecule has 7 nitrogen and oxygen atoms in total. The Morgan fingerprint density at radius 3 is 2.11 bits per heavy atom. The number of esters is 1. The summed E-state index contributed by atoms with van der Waals surface area (Å²) in [5.41, 5.74) is -0.736. The molecule has 0 aromatic carbocycles. The van der Waals surface area contributed by atoms with Crippen molar-refractivity contribution < 1.29 is 29.0 Å². The molecule has 0 aliphatic rings. The number of carboxylic acid groups (broad SMARTS) is 1. The van der Waals surface area contributed by atoms with E-state index in [4.69, 9.17) is 14.6 Å². The third kappa shape index (κ3) is 8.87. The molecular weight excluding hydrogens is 254 g/mol. The normalized spacial score (nSPS) is 12.7. The number of hydrogen-bond donors (Lipinski definition) is 2. The molecule has 19 heavy (non-hydrogen) atoms. The molecule has 0 bridgehead atoms. The molecule has 0 heterocycles. The number of carboxylic acids is 1. The average Bonchev–Trinajstić information content (AvgIpc) is 2.11. The monoisotopic (exact) mass is 275 g/mol. The fourth-order valence-corrected chi connectivity index (χ4v) is 1.13. The summed E-state index contributed by atoms with van der Waals surface area (Å²) in [6.07, 6.45) is -1.83. The lowest BCUT2D eigenvalue weighted by Gasteiger charge is -2.22. The minimum absolute atomic E-state index is 0.399. The van der Waals surface area contributed by atoms with Crippen molar-refractivity contribution >= 4 is 18.0 Å². The second kappa shape index (κ2) is 6.96. The summed E-state index contributed by atoms with van der Waals surface area (Å²) in [4.78, 5) is 33.8. The number of hydrogen-bond acceptors (Lipinski definition) is 5. The molecule has 0 radical (unpaired) electrons. The standard InChI is InChI=1S/C12H21NO6/c1-7(2)18-10(16)8(6-9(14)15)13-11(17)19-12(3,4)5/h7-8H,6H2,1-5H3,(H,13,17)(H,14,15). The van der Waals surface area contributed by atoms with Crippen LogP contribution >= 0.6 is 0 Å². The van der Waals surface area contributed by atoms with Crippen molar-refractivity contribution in [2.75, 3.05) is 0 Å². The van der Waals surface area contributed by atoms with E-state index in [2.05, 4.69) is 5.32 Å². The van der Waals surface area contributed by atoms with E-state index in [1.165, 1.54) is 0 Å². The predicted octanol–water partition coefficient (Wildman–Crippen LogP) is 1.31. The first-order valence-corrected chi connectivity index (χ1v) is 5.93. The highest BCUT2D eigenvalue weighted by Crippen LogP contribution is 2.08. The second-order valence-corrected chi connectivity index (χ2v) is 5.28. The summed E-state index contributed by atoms with van der Waals surface area (Å²) < 4.78 is 9.83. The molecule has 0 aromatic heterocycles. The number of carbonyl (C=O) groups is 3. The Hall–Kier alpha value is -1.79. The minimum Gasteiger partial charge on any atom is -0.481 e. The van der Waals surface area contributed by atoms with Crippen LogP contribution in [0.4, 0.5) is 4.79 Å². The molecule has 0 aliphatic carbocycles. The van der Waals surface area contributed by atoms with Crippen molar-refractivity contribution in [1.29, 1.82) is 0 Å². The van der Waals surface area contributed by atoms with Crippen molar-refractivity contribution in [1.82, 2.24) is 5.32 Å². The van der Waals surface area contributed by atoms with Crippen LogP contribution < -0.4 is 5.32 Å². The van der Waals surface area contributed by atoms with Gasteiger partial charge in [-0.3, -0.25) is 4.79 Å². The summed E-state index contributed by atoms with van der Waals surface area (Å²) in [7, 11) is 0. The molecule has 2 N–H and O–H groups in total. The van der Waals surface area contributed by atoms with Gasteiger partial charge in [-0.15, -0.1) is 0 Å². The van der Waals surface area contributed by atoms with Gasteiger partial charge in [-0.25, -0.2) is 9.59 Å². The molecule has 0 rings (SSSR count). The summed E-state index contributed by atoms with van der Waals surface area (Å²) in [6, 6.07) is -1.27. The molecule has 0 saturated carbocycles. The molecule has 7 heteroatoms. The van der Waals surface area contributed by atoms with Crippen LogP contribution in [0.15, 0.2) is 0 Å². The SMILES string of the molecule is CC(C)OC(=O)C(CC(=O)O)NC(=O)OC(C)(C)C. The fraction of sp³-hybridized carbons (Fsp3) is 0.750. The van der Waals surface area contributed by atoms with Gasteiger partial charge in [0, 0.05) is 0 Å². The number of ether oxygens (including phenoxy) is 2. The van der Waals surface area contributed by atoms with Gasteiger partial charge in [-0.2, -0.15) is 0 Å². The molecule has 0 aliphatic heterocycles. The van der Waals surface area contributed by atoms with Crippen LogP contribution in [-0.2, 0) is 19.1 Å². The number of rotatable bonds is 5. The first-order chi connectivity index (χ1) is 8.51. The summed E-state index contributed by atoms with van der Waals surface area (Å²) in [5.74, 6) is -2.02. The Kier molecular flexibility index (Phi) is 6.31. The highest BCUT2D eigenvalue weighted by atomic mass is 16.6. The number of carbonyl (C=O) groups excluding carboxylic acids is 2. The lowest BCUT2D eigenvalue weighted by molar-refractivity contribution is -0.153. The van der Waals surface area contributed by atoms with Crippen LogP contribution in [0.2, 0.25) is 0 Å². The van der Waals surface area contributed by atoms with E-state index < -0.39 is 42.2 Å².